The highest BCUT2D eigenvalue weighted by Crippen LogP contribution is 2.41. The SMILES string of the molecule is CCOC1(C(O)CC2CCC2)CCCC1. The lowest BCUT2D eigenvalue weighted by Gasteiger charge is -2.38. The molecule has 88 valence electrons. The van der Waals surface area contributed by atoms with Crippen molar-refractivity contribution in [2.75, 3.05) is 6.61 Å². The zero-order valence-corrected chi connectivity index (χ0v) is 9.87. The van der Waals surface area contributed by atoms with Gasteiger partial charge in [0.2, 0.25) is 0 Å². The summed E-state index contributed by atoms with van der Waals surface area (Å²) >= 11 is 0. The molecule has 0 radical (unpaired) electrons. The van der Waals surface area contributed by atoms with Crippen LogP contribution in [-0.4, -0.2) is 23.4 Å². The van der Waals surface area contributed by atoms with Crippen LogP contribution in [0.2, 0.25) is 0 Å². The number of hydrogen-bond donors (Lipinski definition) is 1. The second kappa shape index (κ2) is 4.84. The average molecular weight is 212 g/mol. The molecule has 1 N–H and O–H groups in total. The molecule has 2 fully saturated rings. The van der Waals surface area contributed by atoms with Crippen LogP contribution in [0.3, 0.4) is 0 Å². The van der Waals surface area contributed by atoms with E-state index < -0.39 is 0 Å². The standard InChI is InChI=1S/C13H24O2/c1-2-15-13(8-3-4-9-13)12(14)10-11-6-5-7-11/h11-12,14H,2-10H2,1H3. The third-order valence-electron chi connectivity index (χ3n) is 4.27. The van der Waals surface area contributed by atoms with Crippen molar-refractivity contribution in [1.29, 1.82) is 0 Å². The Morgan fingerprint density at radius 3 is 2.40 bits per heavy atom. The monoisotopic (exact) mass is 212 g/mol. The Bertz CT molecular complexity index is 193. The summed E-state index contributed by atoms with van der Waals surface area (Å²) in [5.41, 5.74) is -0.176. The van der Waals surface area contributed by atoms with Crippen LogP contribution in [0.25, 0.3) is 0 Å². The molecule has 2 saturated carbocycles. The van der Waals surface area contributed by atoms with E-state index in [9.17, 15) is 5.11 Å². The van der Waals surface area contributed by atoms with Crippen molar-refractivity contribution in [3.8, 4) is 0 Å². The Labute approximate surface area is 93.0 Å². The van der Waals surface area contributed by atoms with Crippen LogP contribution in [0.5, 0.6) is 0 Å². The Balaban J connectivity index is 1.90. The van der Waals surface area contributed by atoms with Gasteiger partial charge in [0.05, 0.1) is 11.7 Å². The van der Waals surface area contributed by atoms with Crippen molar-refractivity contribution >= 4 is 0 Å². The Morgan fingerprint density at radius 1 is 1.27 bits per heavy atom. The van der Waals surface area contributed by atoms with Crippen LogP contribution in [0.1, 0.15) is 58.3 Å². The molecule has 0 bridgehead atoms. The van der Waals surface area contributed by atoms with E-state index in [1.165, 1.54) is 32.1 Å². The van der Waals surface area contributed by atoms with Gasteiger partial charge in [-0.2, -0.15) is 0 Å². The maximum absolute atomic E-state index is 10.3. The van der Waals surface area contributed by atoms with Crippen molar-refractivity contribution in [3.05, 3.63) is 0 Å². The van der Waals surface area contributed by atoms with Gasteiger partial charge in [-0.15, -0.1) is 0 Å². The molecule has 1 atom stereocenters. The fourth-order valence-electron chi connectivity index (χ4n) is 3.09. The highest BCUT2D eigenvalue weighted by molar-refractivity contribution is 4.94. The molecule has 0 aromatic rings. The molecular weight excluding hydrogens is 188 g/mol. The van der Waals surface area contributed by atoms with Gasteiger partial charge in [-0.1, -0.05) is 32.1 Å². The van der Waals surface area contributed by atoms with Gasteiger partial charge in [0.25, 0.3) is 0 Å². The minimum Gasteiger partial charge on any atom is -0.390 e. The lowest BCUT2D eigenvalue weighted by atomic mass is 9.77. The van der Waals surface area contributed by atoms with Crippen molar-refractivity contribution < 1.29 is 9.84 Å². The number of rotatable bonds is 5. The second-order valence-corrected chi connectivity index (χ2v) is 5.25. The Hall–Kier alpha value is -0.0800. The number of hydrogen-bond acceptors (Lipinski definition) is 2. The zero-order chi connectivity index (χ0) is 10.7. The van der Waals surface area contributed by atoms with E-state index in [0.29, 0.717) is 0 Å². The van der Waals surface area contributed by atoms with E-state index in [1.54, 1.807) is 0 Å². The first-order chi connectivity index (χ1) is 7.27. The van der Waals surface area contributed by atoms with Gasteiger partial charge in [0.15, 0.2) is 0 Å². The normalized spacial score (nSPS) is 27.6. The first kappa shape index (κ1) is 11.4. The van der Waals surface area contributed by atoms with Gasteiger partial charge in [0.1, 0.15) is 0 Å². The summed E-state index contributed by atoms with van der Waals surface area (Å²) in [6, 6.07) is 0. The van der Waals surface area contributed by atoms with Crippen molar-refractivity contribution in [1.82, 2.24) is 0 Å². The maximum Gasteiger partial charge on any atom is 0.0940 e. The summed E-state index contributed by atoms with van der Waals surface area (Å²) < 4.78 is 5.87. The van der Waals surface area contributed by atoms with Gasteiger partial charge in [0, 0.05) is 6.61 Å². The zero-order valence-electron chi connectivity index (χ0n) is 9.87. The van der Waals surface area contributed by atoms with Crippen molar-refractivity contribution in [3.63, 3.8) is 0 Å². The van der Waals surface area contributed by atoms with Crippen LogP contribution in [0.4, 0.5) is 0 Å². The van der Waals surface area contributed by atoms with E-state index in [-0.39, 0.29) is 11.7 Å². The lowest BCUT2D eigenvalue weighted by Crippen LogP contribution is -2.44. The van der Waals surface area contributed by atoms with Crippen LogP contribution in [-0.2, 0) is 4.74 Å². The molecule has 0 aromatic heterocycles. The summed E-state index contributed by atoms with van der Waals surface area (Å²) in [4.78, 5) is 0. The highest BCUT2D eigenvalue weighted by atomic mass is 16.5. The molecule has 0 aromatic carbocycles. The maximum atomic E-state index is 10.3. The molecule has 0 amide bonds. The van der Waals surface area contributed by atoms with E-state index in [1.807, 2.05) is 6.92 Å². The van der Waals surface area contributed by atoms with Crippen LogP contribution in [0.15, 0.2) is 0 Å². The fourth-order valence-corrected chi connectivity index (χ4v) is 3.09. The van der Waals surface area contributed by atoms with Gasteiger partial charge in [-0.25, -0.2) is 0 Å². The number of aliphatic hydroxyl groups is 1. The van der Waals surface area contributed by atoms with Crippen LogP contribution < -0.4 is 0 Å². The third kappa shape index (κ3) is 2.36. The smallest absolute Gasteiger partial charge is 0.0940 e. The average Bonchev–Trinajstić information content (AvgIpc) is 2.61. The van der Waals surface area contributed by atoms with Crippen molar-refractivity contribution in [2.45, 2.75) is 70.0 Å². The first-order valence-corrected chi connectivity index (χ1v) is 6.59. The first-order valence-electron chi connectivity index (χ1n) is 6.59. The van der Waals surface area contributed by atoms with Gasteiger partial charge >= 0.3 is 0 Å². The quantitative estimate of drug-likeness (QED) is 0.759. The lowest BCUT2D eigenvalue weighted by molar-refractivity contribution is -0.125. The molecule has 0 saturated heterocycles. The summed E-state index contributed by atoms with van der Waals surface area (Å²) in [5.74, 6) is 0.776. The Kier molecular flexibility index (Phi) is 3.68. The van der Waals surface area contributed by atoms with E-state index >= 15 is 0 Å². The molecule has 0 aliphatic heterocycles. The predicted molar refractivity (Wildman–Crippen MR) is 60.8 cm³/mol. The minimum atomic E-state index is -0.217. The largest absolute Gasteiger partial charge is 0.390 e. The molecule has 2 nitrogen and oxygen atoms in total. The van der Waals surface area contributed by atoms with Crippen LogP contribution >= 0.6 is 0 Å². The molecule has 2 aliphatic rings. The van der Waals surface area contributed by atoms with Gasteiger partial charge in [-0.05, 0) is 32.1 Å². The molecule has 2 aliphatic carbocycles. The Morgan fingerprint density at radius 2 is 1.93 bits per heavy atom. The van der Waals surface area contributed by atoms with E-state index in [0.717, 1.165) is 31.8 Å². The minimum absolute atomic E-state index is 0.176. The molecule has 0 spiro atoms. The van der Waals surface area contributed by atoms with Crippen molar-refractivity contribution in [2.24, 2.45) is 5.92 Å². The molecule has 15 heavy (non-hydrogen) atoms. The molecular formula is C13H24O2. The van der Waals surface area contributed by atoms with Crippen LogP contribution in [0, 0.1) is 5.92 Å². The molecule has 0 heterocycles. The summed E-state index contributed by atoms with van der Waals surface area (Å²) in [7, 11) is 0. The summed E-state index contributed by atoms with van der Waals surface area (Å²) in [5, 5.41) is 10.3. The van der Waals surface area contributed by atoms with E-state index in [2.05, 4.69) is 0 Å². The predicted octanol–water partition coefficient (Wildman–Crippen LogP) is 2.89. The number of aliphatic hydroxyl groups excluding tert-OH is 1. The fraction of sp³-hybridized carbons (Fsp3) is 1.00. The third-order valence-corrected chi connectivity index (χ3v) is 4.27. The molecule has 1 unspecified atom stereocenters. The molecule has 2 rings (SSSR count). The summed E-state index contributed by atoms with van der Waals surface area (Å²) in [6.07, 6.45) is 9.33. The molecule has 2 heteroatoms. The van der Waals surface area contributed by atoms with Gasteiger partial charge in [-0.3, -0.25) is 0 Å². The number of ether oxygens (including phenoxy) is 1. The second-order valence-electron chi connectivity index (χ2n) is 5.25. The van der Waals surface area contributed by atoms with E-state index in [4.69, 9.17) is 4.74 Å². The van der Waals surface area contributed by atoms with Gasteiger partial charge < -0.3 is 9.84 Å². The summed E-state index contributed by atoms with van der Waals surface area (Å²) in [6.45, 7) is 2.78. The topological polar surface area (TPSA) is 29.5 Å². The highest BCUT2D eigenvalue weighted by Gasteiger charge is 2.42.